The molecule has 1 aromatic heterocycles. The number of nitrogens with one attached hydrogen (secondary N) is 2. The highest BCUT2D eigenvalue weighted by Crippen LogP contribution is 2.21. The Labute approximate surface area is 149 Å². The number of H-pyrrole nitrogens is 1. The van der Waals surface area contributed by atoms with E-state index in [1.807, 2.05) is 42.7 Å². The topological polar surface area (TPSA) is 82.2 Å². The van der Waals surface area contributed by atoms with E-state index in [2.05, 4.69) is 10.3 Å². The van der Waals surface area contributed by atoms with Crippen molar-refractivity contribution in [1.82, 2.24) is 10.3 Å². The van der Waals surface area contributed by atoms with E-state index >= 15 is 0 Å². The highest BCUT2D eigenvalue weighted by Gasteiger charge is 2.23. The van der Waals surface area contributed by atoms with E-state index in [4.69, 9.17) is 0 Å². The number of hydrogen-bond acceptors (Lipinski definition) is 3. The zero-order valence-corrected chi connectivity index (χ0v) is 14.5. The molecule has 25 heavy (non-hydrogen) atoms. The molecule has 128 valence electrons. The van der Waals surface area contributed by atoms with Gasteiger partial charge in [-0.05, 0) is 30.0 Å². The Morgan fingerprint density at radius 1 is 1.16 bits per heavy atom. The lowest BCUT2D eigenvalue weighted by Crippen LogP contribution is -2.42. The lowest BCUT2D eigenvalue weighted by atomic mass is 10.0. The average Bonchev–Trinajstić information content (AvgIpc) is 3.04. The zero-order valence-electron chi connectivity index (χ0n) is 13.7. The van der Waals surface area contributed by atoms with E-state index in [-0.39, 0.29) is 12.3 Å². The molecule has 0 aliphatic rings. The number of thioether (sulfide) groups is 1. The molecule has 0 fully saturated rings. The van der Waals surface area contributed by atoms with Crippen LogP contribution in [0.1, 0.15) is 15.9 Å². The summed E-state index contributed by atoms with van der Waals surface area (Å²) in [7, 11) is 0. The predicted octanol–water partition coefficient (Wildman–Crippen LogP) is 3.32. The van der Waals surface area contributed by atoms with Gasteiger partial charge in [-0.1, -0.05) is 30.3 Å². The van der Waals surface area contributed by atoms with Crippen LogP contribution in [-0.4, -0.2) is 34.3 Å². The zero-order chi connectivity index (χ0) is 17.8. The third kappa shape index (κ3) is 3.69. The summed E-state index contributed by atoms with van der Waals surface area (Å²) in [5.41, 5.74) is 2.29. The number of aliphatic carboxylic acids is 1. The van der Waals surface area contributed by atoms with Gasteiger partial charge in [-0.15, -0.1) is 11.8 Å². The van der Waals surface area contributed by atoms with Crippen molar-refractivity contribution in [2.45, 2.75) is 17.4 Å². The van der Waals surface area contributed by atoms with Crippen LogP contribution in [0.3, 0.4) is 0 Å². The van der Waals surface area contributed by atoms with Crippen molar-refractivity contribution in [1.29, 1.82) is 0 Å². The van der Waals surface area contributed by atoms with Crippen LogP contribution in [0.25, 0.3) is 10.9 Å². The first-order valence-corrected chi connectivity index (χ1v) is 9.04. The molecule has 3 aromatic rings. The van der Waals surface area contributed by atoms with E-state index in [0.717, 1.165) is 21.4 Å². The van der Waals surface area contributed by atoms with Crippen molar-refractivity contribution < 1.29 is 14.7 Å². The fourth-order valence-corrected chi connectivity index (χ4v) is 3.38. The quantitative estimate of drug-likeness (QED) is 0.593. The molecule has 6 heteroatoms. The Hall–Kier alpha value is -2.73. The highest BCUT2D eigenvalue weighted by molar-refractivity contribution is 7.98. The maximum atomic E-state index is 12.5. The summed E-state index contributed by atoms with van der Waals surface area (Å²) < 4.78 is 0. The lowest BCUT2D eigenvalue weighted by molar-refractivity contribution is -0.139. The average molecular weight is 354 g/mol. The third-order valence-corrected chi connectivity index (χ3v) is 4.85. The number of rotatable bonds is 6. The molecule has 1 atom stereocenters. The Morgan fingerprint density at radius 3 is 2.64 bits per heavy atom. The van der Waals surface area contributed by atoms with Crippen molar-refractivity contribution in [2.24, 2.45) is 0 Å². The Balaban J connectivity index is 1.82. The first kappa shape index (κ1) is 17.1. The normalized spacial score (nSPS) is 12.0. The molecule has 1 heterocycles. The van der Waals surface area contributed by atoms with E-state index in [1.54, 1.807) is 18.3 Å². The van der Waals surface area contributed by atoms with Crippen LogP contribution in [0.15, 0.2) is 59.6 Å². The summed E-state index contributed by atoms with van der Waals surface area (Å²) in [4.78, 5) is 28.1. The first-order valence-electron chi connectivity index (χ1n) is 7.82. The largest absolute Gasteiger partial charge is 0.480 e. The van der Waals surface area contributed by atoms with Gasteiger partial charge >= 0.3 is 5.97 Å². The van der Waals surface area contributed by atoms with Crippen LogP contribution >= 0.6 is 11.8 Å². The van der Waals surface area contributed by atoms with Gasteiger partial charge in [0.15, 0.2) is 0 Å². The van der Waals surface area contributed by atoms with E-state index in [1.165, 1.54) is 11.8 Å². The second-order valence-electron chi connectivity index (χ2n) is 5.63. The highest BCUT2D eigenvalue weighted by atomic mass is 32.2. The minimum Gasteiger partial charge on any atom is -0.480 e. The molecule has 1 amide bonds. The second-order valence-corrected chi connectivity index (χ2v) is 6.48. The lowest BCUT2D eigenvalue weighted by Gasteiger charge is -2.15. The maximum Gasteiger partial charge on any atom is 0.326 e. The molecule has 5 nitrogen and oxygen atoms in total. The van der Waals surface area contributed by atoms with Gasteiger partial charge in [-0.2, -0.15) is 0 Å². The second kappa shape index (κ2) is 7.44. The van der Waals surface area contributed by atoms with Gasteiger partial charge in [0, 0.05) is 28.4 Å². The number of carbonyl (C=O) groups is 2. The van der Waals surface area contributed by atoms with Crippen molar-refractivity contribution in [3.8, 4) is 0 Å². The molecular weight excluding hydrogens is 336 g/mol. The molecule has 2 aromatic carbocycles. The van der Waals surface area contributed by atoms with Crippen molar-refractivity contribution in [3.05, 3.63) is 65.9 Å². The summed E-state index contributed by atoms with van der Waals surface area (Å²) in [6.07, 6.45) is 3.89. The molecule has 0 bridgehead atoms. The summed E-state index contributed by atoms with van der Waals surface area (Å²) in [5.74, 6) is -1.43. The number of carbonyl (C=O) groups excluding carboxylic acids is 1. The van der Waals surface area contributed by atoms with Crippen LogP contribution in [0.2, 0.25) is 0 Å². The van der Waals surface area contributed by atoms with Crippen LogP contribution < -0.4 is 5.32 Å². The third-order valence-electron chi connectivity index (χ3n) is 4.05. The van der Waals surface area contributed by atoms with Gasteiger partial charge in [-0.3, -0.25) is 4.79 Å². The van der Waals surface area contributed by atoms with Gasteiger partial charge in [-0.25, -0.2) is 4.79 Å². The summed E-state index contributed by atoms with van der Waals surface area (Å²) in [6, 6.07) is 13.9. The fraction of sp³-hybridized carbons (Fsp3) is 0.158. The molecule has 0 aliphatic heterocycles. The van der Waals surface area contributed by atoms with Crippen LogP contribution in [0.5, 0.6) is 0 Å². The molecule has 0 saturated heterocycles. The number of fused-ring (bicyclic) bond motifs is 1. The van der Waals surface area contributed by atoms with E-state index in [0.29, 0.717) is 5.56 Å². The van der Waals surface area contributed by atoms with Gasteiger partial charge in [0.25, 0.3) is 5.91 Å². The number of carboxylic acids is 1. The molecule has 0 aliphatic carbocycles. The monoisotopic (exact) mass is 354 g/mol. The van der Waals surface area contributed by atoms with Gasteiger partial charge in [0.05, 0.1) is 5.56 Å². The number of amides is 1. The van der Waals surface area contributed by atoms with Crippen molar-refractivity contribution in [3.63, 3.8) is 0 Å². The van der Waals surface area contributed by atoms with Crippen LogP contribution in [0, 0.1) is 0 Å². The SMILES string of the molecule is CSc1ccccc1C(=O)N[C@@H](Cc1c[nH]c2ccccc12)C(=O)O. The number of para-hydroxylation sites is 1. The standard InChI is InChI=1S/C19H18N2O3S/c1-25-17-9-5-3-7-14(17)18(22)21-16(19(23)24)10-12-11-20-15-8-4-2-6-13(12)15/h2-9,11,16,20H,10H2,1H3,(H,21,22)(H,23,24)/t16-/m0/s1. The summed E-state index contributed by atoms with van der Waals surface area (Å²) in [5, 5.41) is 13.1. The summed E-state index contributed by atoms with van der Waals surface area (Å²) >= 11 is 1.45. The van der Waals surface area contributed by atoms with Gasteiger partial charge in [0.1, 0.15) is 6.04 Å². The van der Waals surface area contributed by atoms with Crippen LogP contribution in [0.4, 0.5) is 0 Å². The van der Waals surface area contributed by atoms with Gasteiger partial charge < -0.3 is 15.4 Å². The Morgan fingerprint density at radius 2 is 1.88 bits per heavy atom. The smallest absolute Gasteiger partial charge is 0.326 e. The van der Waals surface area contributed by atoms with E-state index in [9.17, 15) is 14.7 Å². The summed E-state index contributed by atoms with van der Waals surface area (Å²) in [6.45, 7) is 0. The number of aromatic nitrogens is 1. The number of carboxylic acid groups (broad SMARTS) is 1. The van der Waals surface area contributed by atoms with Crippen LogP contribution in [-0.2, 0) is 11.2 Å². The predicted molar refractivity (Wildman–Crippen MR) is 99.1 cm³/mol. The number of aromatic amines is 1. The minimum absolute atomic E-state index is 0.215. The molecule has 0 saturated carbocycles. The van der Waals surface area contributed by atoms with Gasteiger partial charge in [0.2, 0.25) is 0 Å². The molecule has 0 unspecified atom stereocenters. The maximum absolute atomic E-state index is 12.5. The Bertz CT molecular complexity index is 920. The molecule has 0 radical (unpaired) electrons. The first-order chi connectivity index (χ1) is 12.1. The fourth-order valence-electron chi connectivity index (χ4n) is 2.79. The minimum atomic E-state index is -1.06. The van der Waals surface area contributed by atoms with Crippen molar-refractivity contribution in [2.75, 3.05) is 6.26 Å². The molecule has 3 N–H and O–H groups in total. The molecule has 3 rings (SSSR count). The van der Waals surface area contributed by atoms with E-state index < -0.39 is 12.0 Å². The molecular formula is C19H18N2O3S. The van der Waals surface area contributed by atoms with Crippen molar-refractivity contribution >= 4 is 34.5 Å². The Kier molecular flexibility index (Phi) is 5.09. The number of benzene rings is 2. The molecule has 0 spiro atoms. The number of hydrogen-bond donors (Lipinski definition) is 3.